The van der Waals surface area contributed by atoms with Gasteiger partial charge < -0.3 is 4.74 Å². The molecule has 0 bridgehead atoms. The summed E-state index contributed by atoms with van der Waals surface area (Å²) in [5.74, 6) is 5.87. The Morgan fingerprint density at radius 1 is 1.32 bits per heavy atom. The third-order valence-electron chi connectivity index (χ3n) is 2.66. The lowest BCUT2D eigenvalue weighted by atomic mass is 10.2. The highest BCUT2D eigenvalue weighted by Crippen LogP contribution is 2.09. The van der Waals surface area contributed by atoms with Gasteiger partial charge in [0, 0.05) is 45.7 Å². The zero-order chi connectivity index (χ0) is 17.2. The van der Waals surface area contributed by atoms with Crippen LogP contribution in [0.2, 0.25) is 0 Å². The molecule has 6 heteroatoms. The van der Waals surface area contributed by atoms with Gasteiger partial charge in [-0.05, 0) is 34.6 Å². The van der Waals surface area contributed by atoms with Crippen molar-refractivity contribution < 1.29 is 9.53 Å². The Kier molecular flexibility index (Phi) is 9.27. The zero-order valence-corrected chi connectivity index (χ0v) is 15.0. The normalized spacial score (nSPS) is 11.5. The zero-order valence-electron chi connectivity index (χ0n) is 15.0. The molecule has 1 N–H and O–H groups in total. The van der Waals surface area contributed by atoms with Crippen LogP contribution in [0.1, 0.15) is 47.5 Å². The Morgan fingerprint density at radius 2 is 1.95 bits per heavy atom. The molecule has 0 heterocycles. The summed E-state index contributed by atoms with van der Waals surface area (Å²) in [5, 5.41) is 7.79. The summed E-state index contributed by atoms with van der Waals surface area (Å²) in [6.07, 6.45) is 1.09. The van der Waals surface area contributed by atoms with Crippen molar-refractivity contribution in [1.29, 1.82) is 0 Å². The second kappa shape index (κ2) is 10.1. The average Bonchev–Trinajstić information content (AvgIpc) is 2.37. The Morgan fingerprint density at radius 3 is 2.45 bits per heavy atom. The van der Waals surface area contributed by atoms with E-state index in [1.54, 1.807) is 7.05 Å². The smallest absolute Gasteiger partial charge is 0.424 e. The van der Waals surface area contributed by atoms with Crippen molar-refractivity contribution in [3.63, 3.8) is 0 Å². The van der Waals surface area contributed by atoms with Gasteiger partial charge >= 0.3 is 6.09 Å². The second-order valence-corrected chi connectivity index (χ2v) is 6.00. The van der Waals surface area contributed by atoms with E-state index in [4.69, 9.17) is 4.74 Å². The first-order chi connectivity index (χ1) is 10.2. The number of rotatable bonds is 7. The fourth-order valence-electron chi connectivity index (χ4n) is 1.62. The van der Waals surface area contributed by atoms with Crippen LogP contribution in [0, 0.1) is 11.8 Å². The van der Waals surface area contributed by atoms with Crippen LogP contribution in [-0.2, 0) is 4.74 Å². The van der Waals surface area contributed by atoms with E-state index >= 15 is 0 Å². The van der Waals surface area contributed by atoms with Crippen molar-refractivity contribution in [1.82, 2.24) is 15.4 Å². The number of hydrazine groups is 1. The number of carbonyl (C=O) groups is 1. The van der Waals surface area contributed by atoms with E-state index in [-0.39, 0.29) is 6.09 Å². The fraction of sp³-hybridized carbons (Fsp3) is 0.750. The number of hydrazone groups is 1. The maximum Gasteiger partial charge on any atom is 0.424 e. The van der Waals surface area contributed by atoms with Crippen LogP contribution in [0.5, 0.6) is 0 Å². The van der Waals surface area contributed by atoms with Gasteiger partial charge in [-0.2, -0.15) is 5.10 Å². The maximum absolute atomic E-state index is 12.0. The van der Waals surface area contributed by atoms with Crippen molar-refractivity contribution in [3.05, 3.63) is 0 Å². The number of carbonyl (C=O) groups excluding carboxylic acids is 1. The van der Waals surface area contributed by atoms with Crippen LogP contribution < -0.4 is 5.43 Å². The van der Waals surface area contributed by atoms with Gasteiger partial charge in [0.15, 0.2) is 0 Å². The Bertz CT molecular complexity index is 430. The van der Waals surface area contributed by atoms with E-state index in [0.29, 0.717) is 13.0 Å². The standard InChI is InChI=1S/C16H30N4O2/c1-8-9-10-12-19(7)18-14(2)11-13-20(17-6)15(21)22-16(3,4)5/h17H,10-13H2,1-7H3/b18-14+. The molecule has 0 fully saturated rings. The van der Waals surface area contributed by atoms with Gasteiger partial charge in [-0.15, -0.1) is 11.8 Å². The predicted octanol–water partition coefficient (Wildman–Crippen LogP) is 2.47. The molecule has 0 atom stereocenters. The third kappa shape index (κ3) is 10.1. The maximum atomic E-state index is 12.0. The molecule has 0 aromatic heterocycles. The van der Waals surface area contributed by atoms with Gasteiger partial charge in [-0.3, -0.25) is 5.01 Å². The van der Waals surface area contributed by atoms with E-state index in [2.05, 4.69) is 22.4 Å². The number of amides is 1. The summed E-state index contributed by atoms with van der Waals surface area (Å²) in [6, 6.07) is 0. The number of ether oxygens (including phenoxy) is 1. The average molecular weight is 310 g/mol. The first kappa shape index (κ1) is 20.3. The molecular weight excluding hydrogens is 280 g/mol. The van der Waals surface area contributed by atoms with Gasteiger partial charge in [-0.25, -0.2) is 15.2 Å². The molecular formula is C16H30N4O2. The van der Waals surface area contributed by atoms with Crippen LogP contribution in [0.15, 0.2) is 5.10 Å². The van der Waals surface area contributed by atoms with E-state index in [1.165, 1.54) is 5.01 Å². The SMILES string of the molecule is CC#CCCN(C)/N=C(\C)CCN(NC)C(=O)OC(C)(C)C. The monoisotopic (exact) mass is 310 g/mol. The molecule has 0 radical (unpaired) electrons. The van der Waals surface area contributed by atoms with E-state index in [1.807, 2.05) is 46.7 Å². The number of hydrogen-bond donors (Lipinski definition) is 1. The molecule has 0 aromatic rings. The highest BCUT2D eigenvalue weighted by atomic mass is 16.6. The molecule has 0 aliphatic carbocycles. The number of hydrogen-bond acceptors (Lipinski definition) is 5. The molecule has 1 amide bonds. The van der Waals surface area contributed by atoms with E-state index < -0.39 is 5.60 Å². The molecule has 0 saturated heterocycles. The Hall–Kier alpha value is -1.74. The lowest BCUT2D eigenvalue weighted by Gasteiger charge is -2.26. The van der Waals surface area contributed by atoms with E-state index in [9.17, 15) is 4.79 Å². The van der Waals surface area contributed by atoms with Crippen molar-refractivity contribution >= 4 is 11.8 Å². The minimum absolute atomic E-state index is 0.380. The molecule has 6 nitrogen and oxygen atoms in total. The molecule has 0 aromatic carbocycles. The van der Waals surface area contributed by atoms with Crippen molar-refractivity contribution in [2.75, 3.05) is 27.2 Å². The molecule has 0 rings (SSSR count). The van der Waals surface area contributed by atoms with Gasteiger partial charge in [0.2, 0.25) is 0 Å². The number of nitrogens with zero attached hydrogens (tertiary/aromatic N) is 3. The lowest BCUT2D eigenvalue weighted by molar-refractivity contribution is 0.0167. The van der Waals surface area contributed by atoms with Crippen molar-refractivity contribution in [3.8, 4) is 11.8 Å². The lowest BCUT2D eigenvalue weighted by Crippen LogP contribution is -2.44. The van der Waals surface area contributed by atoms with Crippen LogP contribution >= 0.6 is 0 Å². The second-order valence-electron chi connectivity index (χ2n) is 6.00. The van der Waals surface area contributed by atoms with Crippen LogP contribution in [0.3, 0.4) is 0 Å². The molecule has 126 valence electrons. The summed E-state index contributed by atoms with van der Waals surface area (Å²) in [4.78, 5) is 12.0. The van der Waals surface area contributed by atoms with Gasteiger partial charge in [0.05, 0.1) is 0 Å². The topological polar surface area (TPSA) is 57.2 Å². The van der Waals surface area contributed by atoms with Gasteiger partial charge in [0.25, 0.3) is 0 Å². The van der Waals surface area contributed by atoms with Crippen LogP contribution in [0.25, 0.3) is 0 Å². The third-order valence-corrected chi connectivity index (χ3v) is 2.66. The van der Waals surface area contributed by atoms with Gasteiger partial charge in [-0.1, -0.05) is 0 Å². The minimum atomic E-state index is -0.504. The first-order valence-corrected chi connectivity index (χ1v) is 7.52. The first-order valence-electron chi connectivity index (χ1n) is 7.52. The number of nitrogens with one attached hydrogen (secondary N) is 1. The quantitative estimate of drug-likeness (QED) is 0.446. The minimum Gasteiger partial charge on any atom is -0.443 e. The van der Waals surface area contributed by atoms with Crippen molar-refractivity contribution in [2.24, 2.45) is 5.10 Å². The van der Waals surface area contributed by atoms with E-state index in [0.717, 1.165) is 18.7 Å². The predicted molar refractivity (Wildman–Crippen MR) is 90.4 cm³/mol. The Labute approximate surface area is 134 Å². The molecule has 22 heavy (non-hydrogen) atoms. The summed E-state index contributed by atoms with van der Waals surface area (Å²) >= 11 is 0. The molecule has 0 saturated carbocycles. The van der Waals surface area contributed by atoms with Crippen molar-refractivity contribution in [2.45, 2.75) is 53.1 Å². The van der Waals surface area contributed by atoms with Gasteiger partial charge in [0.1, 0.15) is 5.60 Å². The van der Waals surface area contributed by atoms with Crippen LogP contribution in [-0.4, -0.2) is 54.6 Å². The summed E-state index contributed by atoms with van der Waals surface area (Å²) in [7, 11) is 3.62. The molecule has 0 spiro atoms. The van der Waals surface area contributed by atoms with Crippen LogP contribution in [0.4, 0.5) is 4.79 Å². The Balaban J connectivity index is 4.36. The molecule has 0 unspecified atom stereocenters. The summed E-state index contributed by atoms with van der Waals surface area (Å²) in [6.45, 7) is 10.6. The highest BCUT2D eigenvalue weighted by molar-refractivity contribution is 5.82. The largest absolute Gasteiger partial charge is 0.443 e. The fourth-order valence-corrected chi connectivity index (χ4v) is 1.62. The molecule has 0 aliphatic heterocycles. The highest BCUT2D eigenvalue weighted by Gasteiger charge is 2.21. The summed E-state index contributed by atoms with van der Waals surface area (Å²) < 4.78 is 5.33. The molecule has 0 aliphatic rings. The summed E-state index contributed by atoms with van der Waals surface area (Å²) in [5.41, 5.74) is 3.30.